The van der Waals surface area contributed by atoms with Crippen LogP contribution in [0.3, 0.4) is 0 Å². The highest BCUT2D eigenvalue weighted by molar-refractivity contribution is 5.86. The molecule has 2 rings (SSSR count). The Morgan fingerprint density at radius 1 is 1.32 bits per heavy atom. The highest BCUT2D eigenvalue weighted by atomic mass is 19.3. The molecule has 0 saturated carbocycles. The van der Waals surface area contributed by atoms with Gasteiger partial charge in [-0.15, -0.1) is 0 Å². The van der Waals surface area contributed by atoms with Crippen LogP contribution in [-0.4, -0.2) is 85.1 Å². The maximum absolute atomic E-state index is 12.8. The molecule has 1 N–H and O–H groups in total. The molecule has 2 saturated heterocycles. The molecule has 0 aromatic carbocycles. The van der Waals surface area contributed by atoms with Crippen LogP contribution >= 0.6 is 0 Å². The number of carbonyl (C=O) groups excluding carboxylic acids is 2. The van der Waals surface area contributed by atoms with Crippen LogP contribution in [0.1, 0.15) is 19.3 Å². The summed E-state index contributed by atoms with van der Waals surface area (Å²) < 4.78 is 54.0. The van der Waals surface area contributed by atoms with Crippen molar-refractivity contribution in [1.82, 2.24) is 9.80 Å². The first-order chi connectivity index (χ1) is 11.7. The molecular weight excluding hydrogens is 348 g/mol. The molecule has 2 heterocycles. The molecule has 2 amide bonds. The van der Waals surface area contributed by atoms with Crippen molar-refractivity contribution in [2.24, 2.45) is 5.41 Å². The van der Waals surface area contributed by atoms with E-state index in [1.54, 1.807) is 4.90 Å². The minimum absolute atomic E-state index is 0.117. The number of halogens is 4. The molecule has 6 nitrogen and oxygen atoms in total. The zero-order valence-electron chi connectivity index (χ0n) is 13.7. The lowest BCUT2D eigenvalue weighted by molar-refractivity contribution is -0.170. The average molecular weight is 370 g/mol. The van der Waals surface area contributed by atoms with E-state index in [9.17, 15) is 27.2 Å². The van der Waals surface area contributed by atoms with E-state index in [4.69, 9.17) is 5.11 Å². The Kier molecular flexibility index (Phi) is 6.26. The van der Waals surface area contributed by atoms with E-state index in [2.05, 4.69) is 4.74 Å². The molecule has 0 aromatic heterocycles. The predicted molar refractivity (Wildman–Crippen MR) is 78.3 cm³/mol. The maximum Gasteiger partial charge on any atom is 0.330 e. The third kappa shape index (κ3) is 4.41. The lowest BCUT2D eigenvalue weighted by Gasteiger charge is -2.39. The summed E-state index contributed by atoms with van der Waals surface area (Å²) in [6, 6.07) is 0. The zero-order chi connectivity index (χ0) is 18.7. The minimum atomic E-state index is -4.29. The smallest absolute Gasteiger partial charge is 0.330 e. The topological polar surface area (TPSA) is 70.1 Å². The highest BCUT2D eigenvalue weighted by Gasteiger charge is 2.49. The number of alkyl halides is 4. The molecule has 0 aromatic rings. The standard InChI is InChI=1S/C15H22F4N2O4/c16-12(17)15(18,19)10-25-8-11(23)21-5-3-14(9-21)2-1-4-20(6-7-22)13(14)24/h12,22H,1-10H2. The van der Waals surface area contributed by atoms with Crippen molar-refractivity contribution in [3.05, 3.63) is 0 Å². The van der Waals surface area contributed by atoms with Gasteiger partial charge in [-0.2, -0.15) is 8.78 Å². The van der Waals surface area contributed by atoms with Gasteiger partial charge in [0.15, 0.2) is 0 Å². The number of likely N-dealkylation sites (tertiary alicyclic amines) is 2. The van der Waals surface area contributed by atoms with Gasteiger partial charge in [0.2, 0.25) is 11.8 Å². The summed E-state index contributed by atoms with van der Waals surface area (Å²) in [6.45, 7) is -1.17. The number of hydrogen-bond acceptors (Lipinski definition) is 4. The molecule has 2 aliphatic heterocycles. The van der Waals surface area contributed by atoms with Crippen LogP contribution in [0.2, 0.25) is 0 Å². The Labute approximate surface area is 142 Å². The lowest BCUT2D eigenvalue weighted by atomic mass is 9.78. The number of nitrogens with zero attached hydrogens (tertiary/aromatic N) is 2. The minimum Gasteiger partial charge on any atom is -0.395 e. The molecular formula is C15H22F4N2O4. The second kappa shape index (κ2) is 7.86. The number of aliphatic hydroxyl groups excluding tert-OH is 1. The molecule has 0 radical (unpaired) electrons. The lowest BCUT2D eigenvalue weighted by Crippen LogP contribution is -2.51. The molecule has 1 unspecified atom stereocenters. The zero-order valence-corrected chi connectivity index (χ0v) is 13.7. The van der Waals surface area contributed by atoms with E-state index in [1.807, 2.05) is 0 Å². The summed E-state index contributed by atoms with van der Waals surface area (Å²) in [5, 5.41) is 9.02. The van der Waals surface area contributed by atoms with Gasteiger partial charge in [0.1, 0.15) is 13.2 Å². The number of rotatable bonds is 7. The number of aliphatic hydroxyl groups is 1. The van der Waals surface area contributed by atoms with Gasteiger partial charge in [-0.25, -0.2) is 8.78 Å². The van der Waals surface area contributed by atoms with Crippen molar-refractivity contribution in [3.8, 4) is 0 Å². The summed E-state index contributed by atoms with van der Waals surface area (Å²) in [5.74, 6) is -5.02. The van der Waals surface area contributed by atoms with E-state index in [-0.39, 0.29) is 32.1 Å². The Hall–Kier alpha value is -1.42. The van der Waals surface area contributed by atoms with E-state index in [0.717, 1.165) is 6.42 Å². The van der Waals surface area contributed by atoms with Gasteiger partial charge in [-0.05, 0) is 19.3 Å². The first-order valence-corrected chi connectivity index (χ1v) is 8.13. The number of piperidine rings is 1. The van der Waals surface area contributed by atoms with Crippen molar-refractivity contribution in [2.45, 2.75) is 31.6 Å². The monoisotopic (exact) mass is 370 g/mol. The van der Waals surface area contributed by atoms with Gasteiger partial charge < -0.3 is 19.6 Å². The fourth-order valence-electron chi connectivity index (χ4n) is 3.38. The molecule has 2 fully saturated rings. The van der Waals surface area contributed by atoms with Crippen molar-refractivity contribution in [3.63, 3.8) is 0 Å². The molecule has 0 aliphatic carbocycles. The van der Waals surface area contributed by atoms with Crippen LogP contribution in [0, 0.1) is 5.41 Å². The second-order valence-electron chi connectivity index (χ2n) is 6.52. The van der Waals surface area contributed by atoms with Crippen LogP contribution in [-0.2, 0) is 14.3 Å². The first-order valence-electron chi connectivity index (χ1n) is 8.13. The molecule has 2 aliphatic rings. The van der Waals surface area contributed by atoms with Crippen LogP contribution < -0.4 is 0 Å². The highest BCUT2D eigenvalue weighted by Crippen LogP contribution is 2.40. The SMILES string of the molecule is O=C(COCC(F)(F)C(F)F)N1CCC2(CCCN(CCO)C2=O)C1. The van der Waals surface area contributed by atoms with Crippen LogP contribution in [0.25, 0.3) is 0 Å². The molecule has 25 heavy (non-hydrogen) atoms. The van der Waals surface area contributed by atoms with E-state index in [0.29, 0.717) is 19.4 Å². The summed E-state index contributed by atoms with van der Waals surface area (Å²) in [5.41, 5.74) is -0.712. The van der Waals surface area contributed by atoms with Crippen molar-refractivity contribution >= 4 is 11.8 Å². The van der Waals surface area contributed by atoms with E-state index in [1.165, 1.54) is 4.90 Å². The fraction of sp³-hybridized carbons (Fsp3) is 0.867. The van der Waals surface area contributed by atoms with Crippen LogP contribution in [0.4, 0.5) is 17.6 Å². The number of hydrogen-bond donors (Lipinski definition) is 1. The van der Waals surface area contributed by atoms with Crippen molar-refractivity contribution in [2.75, 3.05) is 46.0 Å². The first kappa shape index (κ1) is 19.9. The normalized spacial score (nSPS) is 24.6. The van der Waals surface area contributed by atoms with E-state index < -0.39 is 36.9 Å². The van der Waals surface area contributed by atoms with Gasteiger partial charge in [0, 0.05) is 26.2 Å². The van der Waals surface area contributed by atoms with Crippen molar-refractivity contribution < 1.29 is 37.0 Å². The molecule has 1 spiro atoms. The predicted octanol–water partition coefficient (Wildman–Crippen LogP) is 0.737. The molecule has 1 atom stereocenters. The largest absolute Gasteiger partial charge is 0.395 e. The van der Waals surface area contributed by atoms with Gasteiger partial charge in [0.05, 0.1) is 12.0 Å². The number of carbonyl (C=O) groups is 2. The molecule has 10 heteroatoms. The van der Waals surface area contributed by atoms with E-state index >= 15 is 0 Å². The Morgan fingerprint density at radius 2 is 2.04 bits per heavy atom. The van der Waals surface area contributed by atoms with Gasteiger partial charge in [0.25, 0.3) is 0 Å². The number of β-amino-alcohol motifs (C(OH)–C–C–N with tert-alkyl or cyclic N) is 1. The maximum atomic E-state index is 12.8. The van der Waals surface area contributed by atoms with Crippen LogP contribution in [0.5, 0.6) is 0 Å². The molecule has 0 bridgehead atoms. The Bertz CT molecular complexity index is 504. The Balaban J connectivity index is 1.87. The number of amides is 2. The van der Waals surface area contributed by atoms with Crippen LogP contribution in [0.15, 0.2) is 0 Å². The third-order valence-corrected chi connectivity index (χ3v) is 4.74. The Morgan fingerprint density at radius 3 is 2.68 bits per heavy atom. The summed E-state index contributed by atoms with van der Waals surface area (Å²) in [7, 11) is 0. The third-order valence-electron chi connectivity index (χ3n) is 4.74. The van der Waals surface area contributed by atoms with Gasteiger partial charge in [-0.1, -0.05) is 0 Å². The van der Waals surface area contributed by atoms with Crippen molar-refractivity contribution in [1.29, 1.82) is 0 Å². The van der Waals surface area contributed by atoms with Gasteiger partial charge in [-0.3, -0.25) is 9.59 Å². The molecule has 144 valence electrons. The second-order valence-corrected chi connectivity index (χ2v) is 6.52. The fourth-order valence-corrected chi connectivity index (χ4v) is 3.38. The summed E-state index contributed by atoms with van der Waals surface area (Å²) in [6.07, 6.45) is -2.03. The summed E-state index contributed by atoms with van der Waals surface area (Å²) in [4.78, 5) is 27.6. The summed E-state index contributed by atoms with van der Waals surface area (Å²) >= 11 is 0. The number of ether oxygens (including phenoxy) is 1. The quantitative estimate of drug-likeness (QED) is 0.671. The van der Waals surface area contributed by atoms with Gasteiger partial charge >= 0.3 is 12.3 Å². The average Bonchev–Trinajstić information content (AvgIpc) is 2.97.